The van der Waals surface area contributed by atoms with Gasteiger partial charge in [-0.05, 0) is 31.4 Å². The lowest BCUT2D eigenvalue weighted by atomic mass is 10.1. The third-order valence-corrected chi connectivity index (χ3v) is 5.40. The lowest BCUT2D eigenvalue weighted by molar-refractivity contribution is -0.134. The van der Waals surface area contributed by atoms with Gasteiger partial charge in [-0.2, -0.15) is 0 Å². The number of carbonyl (C=O) groups excluding carboxylic acids is 1. The van der Waals surface area contributed by atoms with Crippen molar-refractivity contribution < 1.29 is 4.79 Å². The van der Waals surface area contributed by atoms with Crippen molar-refractivity contribution in [1.82, 2.24) is 14.5 Å². The Balaban J connectivity index is 2.41. The smallest absolute Gasteiger partial charge is 0.261 e. The third kappa shape index (κ3) is 5.21. The number of rotatable bonds is 11. The number of fused-ring (bicyclic) bond motifs is 1. The van der Waals surface area contributed by atoms with E-state index in [4.69, 9.17) is 4.98 Å². The normalized spacial score (nSPS) is 12.3. The summed E-state index contributed by atoms with van der Waals surface area (Å²) in [6, 6.07) is 7.26. The molecule has 2 aromatic rings. The number of unbranched alkanes of at least 4 members (excludes halogenated alkanes) is 4. The summed E-state index contributed by atoms with van der Waals surface area (Å²) in [5.41, 5.74) is 0.650. The van der Waals surface area contributed by atoms with Gasteiger partial charge in [-0.3, -0.25) is 14.2 Å². The van der Waals surface area contributed by atoms with Crippen LogP contribution in [0.25, 0.3) is 10.9 Å². The minimum atomic E-state index is -0.173. The van der Waals surface area contributed by atoms with Gasteiger partial charge in [0.1, 0.15) is 5.82 Å². The van der Waals surface area contributed by atoms with Crippen molar-refractivity contribution in [3.8, 4) is 0 Å². The van der Waals surface area contributed by atoms with E-state index in [1.165, 1.54) is 12.8 Å². The lowest BCUT2D eigenvalue weighted by Gasteiger charge is -2.32. The summed E-state index contributed by atoms with van der Waals surface area (Å²) in [4.78, 5) is 32.6. The number of amides is 1. The molecule has 5 heteroatoms. The van der Waals surface area contributed by atoms with Gasteiger partial charge in [-0.15, -0.1) is 0 Å². The molecule has 1 amide bonds. The zero-order valence-electron chi connectivity index (χ0n) is 17.9. The Morgan fingerprint density at radius 3 is 2.46 bits per heavy atom. The minimum absolute atomic E-state index is 0.0500. The highest BCUT2D eigenvalue weighted by Gasteiger charge is 2.27. The molecular formula is C23H35N3O2. The fraction of sp³-hybridized carbons (Fsp3) is 0.609. The molecule has 0 spiro atoms. The molecule has 0 aliphatic heterocycles. The molecule has 0 bridgehead atoms. The summed E-state index contributed by atoms with van der Waals surface area (Å²) in [6.45, 7) is 7.08. The van der Waals surface area contributed by atoms with Crippen molar-refractivity contribution in [3.63, 3.8) is 0 Å². The van der Waals surface area contributed by atoms with Crippen LogP contribution in [0.4, 0.5) is 0 Å². The Labute approximate surface area is 168 Å². The largest absolute Gasteiger partial charge is 0.333 e. The molecule has 0 saturated heterocycles. The molecule has 0 unspecified atom stereocenters. The van der Waals surface area contributed by atoms with Gasteiger partial charge in [0.05, 0.1) is 16.9 Å². The molecule has 0 fully saturated rings. The zero-order valence-corrected chi connectivity index (χ0v) is 17.9. The maximum absolute atomic E-state index is 13.0. The summed E-state index contributed by atoms with van der Waals surface area (Å²) in [5.74, 6) is 0.860. The molecule has 1 aromatic heterocycles. The molecule has 154 valence electrons. The van der Waals surface area contributed by atoms with Gasteiger partial charge in [-0.25, -0.2) is 4.98 Å². The van der Waals surface area contributed by atoms with Crippen molar-refractivity contribution in [1.29, 1.82) is 0 Å². The first kappa shape index (κ1) is 22.1. The molecule has 1 aromatic carbocycles. The van der Waals surface area contributed by atoms with Gasteiger partial charge in [0.2, 0.25) is 5.91 Å². The molecular weight excluding hydrogens is 350 g/mol. The van der Waals surface area contributed by atoms with Gasteiger partial charge in [0, 0.05) is 20.0 Å². The van der Waals surface area contributed by atoms with Crippen molar-refractivity contribution in [2.75, 3.05) is 6.54 Å². The van der Waals surface area contributed by atoms with Crippen LogP contribution in [0.15, 0.2) is 29.1 Å². The van der Waals surface area contributed by atoms with Crippen LogP contribution >= 0.6 is 0 Å². The molecule has 2 rings (SSSR count). The number of benzene rings is 1. The standard InChI is InChI=1S/C23H35N3O2/c1-5-8-10-13-17-26(21(27)16-9-6-2)20(7-3)22-24-19-15-12-11-14-18(19)23(28)25(22)4/h11-12,14-15,20H,5-10,13,16-17H2,1-4H3/t20-/m1/s1. The first-order valence-corrected chi connectivity index (χ1v) is 10.8. The zero-order chi connectivity index (χ0) is 20.5. The van der Waals surface area contributed by atoms with Gasteiger partial charge < -0.3 is 4.90 Å². The quantitative estimate of drug-likeness (QED) is 0.512. The number of hydrogen-bond donors (Lipinski definition) is 0. The monoisotopic (exact) mass is 385 g/mol. The Hall–Kier alpha value is -2.17. The van der Waals surface area contributed by atoms with Crippen molar-refractivity contribution in [2.24, 2.45) is 7.05 Å². The first-order valence-electron chi connectivity index (χ1n) is 10.8. The van der Waals surface area contributed by atoms with Gasteiger partial charge in [0.25, 0.3) is 5.56 Å². The van der Waals surface area contributed by atoms with Crippen molar-refractivity contribution in [3.05, 3.63) is 40.4 Å². The van der Waals surface area contributed by atoms with E-state index >= 15 is 0 Å². The maximum Gasteiger partial charge on any atom is 0.261 e. The fourth-order valence-corrected chi connectivity index (χ4v) is 3.71. The maximum atomic E-state index is 13.0. The molecule has 28 heavy (non-hydrogen) atoms. The second-order valence-electron chi connectivity index (χ2n) is 7.53. The average Bonchev–Trinajstić information content (AvgIpc) is 2.71. The van der Waals surface area contributed by atoms with Crippen LogP contribution in [0.2, 0.25) is 0 Å². The summed E-state index contributed by atoms with van der Waals surface area (Å²) < 4.78 is 1.63. The molecule has 5 nitrogen and oxygen atoms in total. The highest BCUT2D eigenvalue weighted by molar-refractivity contribution is 5.78. The van der Waals surface area contributed by atoms with Crippen LogP contribution in [0, 0.1) is 0 Å². The molecule has 0 aliphatic carbocycles. The van der Waals surface area contributed by atoms with Crippen LogP contribution in [-0.2, 0) is 11.8 Å². The van der Waals surface area contributed by atoms with Crippen LogP contribution in [0.1, 0.15) is 84.0 Å². The van der Waals surface area contributed by atoms with E-state index in [1.807, 2.05) is 29.2 Å². The summed E-state index contributed by atoms with van der Waals surface area (Å²) in [5, 5.41) is 0.621. The predicted molar refractivity (Wildman–Crippen MR) is 115 cm³/mol. The Kier molecular flexibility index (Phi) is 8.68. The van der Waals surface area contributed by atoms with E-state index in [1.54, 1.807) is 11.6 Å². The molecule has 0 aliphatic rings. The Bertz CT molecular complexity index is 828. The van der Waals surface area contributed by atoms with E-state index < -0.39 is 0 Å². The molecule has 0 radical (unpaired) electrons. The summed E-state index contributed by atoms with van der Waals surface area (Å²) in [6.07, 6.45) is 7.65. The van der Waals surface area contributed by atoms with Crippen LogP contribution in [0.5, 0.6) is 0 Å². The molecule has 0 N–H and O–H groups in total. The highest BCUT2D eigenvalue weighted by atomic mass is 16.2. The summed E-state index contributed by atoms with van der Waals surface area (Å²) >= 11 is 0. The lowest BCUT2D eigenvalue weighted by Crippen LogP contribution is -2.38. The Morgan fingerprint density at radius 2 is 1.79 bits per heavy atom. The topological polar surface area (TPSA) is 55.2 Å². The second kappa shape index (κ2) is 11.0. The number of hydrogen-bond acceptors (Lipinski definition) is 3. The molecule has 0 saturated carbocycles. The van der Waals surface area contributed by atoms with Crippen LogP contribution in [-0.4, -0.2) is 26.9 Å². The Morgan fingerprint density at radius 1 is 1.07 bits per heavy atom. The van der Waals surface area contributed by atoms with Gasteiger partial charge in [0.15, 0.2) is 0 Å². The third-order valence-electron chi connectivity index (χ3n) is 5.40. The van der Waals surface area contributed by atoms with Crippen molar-refractivity contribution >= 4 is 16.8 Å². The molecule has 1 heterocycles. The van der Waals surface area contributed by atoms with Crippen LogP contribution < -0.4 is 5.56 Å². The van der Waals surface area contributed by atoms with Crippen LogP contribution in [0.3, 0.4) is 0 Å². The summed E-state index contributed by atoms with van der Waals surface area (Å²) in [7, 11) is 1.77. The number of para-hydroxylation sites is 1. The van der Waals surface area contributed by atoms with E-state index in [-0.39, 0.29) is 17.5 Å². The number of aromatic nitrogens is 2. The van der Waals surface area contributed by atoms with Gasteiger partial charge >= 0.3 is 0 Å². The number of nitrogens with zero attached hydrogens (tertiary/aromatic N) is 3. The van der Waals surface area contributed by atoms with E-state index in [2.05, 4.69) is 20.8 Å². The van der Waals surface area contributed by atoms with Gasteiger partial charge in [-0.1, -0.05) is 58.6 Å². The number of carbonyl (C=O) groups is 1. The fourth-order valence-electron chi connectivity index (χ4n) is 3.71. The van der Waals surface area contributed by atoms with E-state index in [9.17, 15) is 9.59 Å². The SMILES string of the molecule is CCCCCCN(C(=O)CCCC)[C@H](CC)c1nc2ccccc2c(=O)n1C. The van der Waals surface area contributed by atoms with E-state index in [0.29, 0.717) is 23.1 Å². The highest BCUT2D eigenvalue weighted by Crippen LogP contribution is 2.25. The molecule has 1 atom stereocenters. The van der Waals surface area contributed by atoms with Crippen molar-refractivity contribution in [2.45, 2.75) is 78.2 Å². The minimum Gasteiger partial charge on any atom is -0.333 e. The second-order valence-corrected chi connectivity index (χ2v) is 7.53. The predicted octanol–water partition coefficient (Wildman–Crippen LogP) is 4.98. The average molecular weight is 386 g/mol. The van der Waals surface area contributed by atoms with E-state index in [0.717, 1.165) is 38.6 Å². The first-order chi connectivity index (χ1) is 13.5.